The van der Waals surface area contributed by atoms with Crippen LogP contribution >= 0.6 is 0 Å². The highest BCUT2D eigenvalue weighted by Crippen LogP contribution is 2.18. The predicted octanol–water partition coefficient (Wildman–Crippen LogP) is 0.840. The van der Waals surface area contributed by atoms with E-state index in [4.69, 9.17) is 0 Å². The molecule has 2 amide bonds. The molecule has 2 rings (SSSR count). The van der Waals surface area contributed by atoms with Crippen molar-refractivity contribution in [1.82, 2.24) is 10.0 Å². The summed E-state index contributed by atoms with van der Waals surface area (Å²) in [5, 5.41) is 5.20. The summed E-state index contributed by atoms with van der Waals surface area (Å²) in [7, 11) is -3.60. The fraction of sp³-hybridized carbons (Fsp3) is 0.467. The lowest BCUT2D eigenvalue weighted by molar-refractivity contribution is -0.130. The minimum atomic E-state index is -3.60. The molecule has 0 bridgehead atoms. The van der Waals surface area contributed by atoms with Crippen LogP contribution in [0, 0.1) is 5.92 Å². The normalized spacial score (nSPS) is 17.8. The quantitative estimate of drug-likeness (QED) is 0.506. The number of rotatable bonds is 7. The molecule has 0 aromatic heterocycles. The third-order valence-corrected chi connectivity index (χ3v) is 5.06. The number of amides is 2. The van der Waals surface area contributed by atoms with Gasteiger partial charge in [0.15, 0.2) is 0 Å². The molecule has 0 saturated carbocycles. The van der Waals surface area contributed by atoms with Gasteiger partial charge in [0.2, 0.25) is 21.8 Å². The molecule has 1 aliphatic heterocycles. The van der Waals surface area contributed by atoms with Crippen LogP contribution in [0.2, 0.25) is 0 Å². The van der Waals surface area contributed by atoms with Crippen molar-refractivity contribution in [3.05, 3.63) is 24.3 Å². The molecular weight excluding hydrogens is 318 g/mol. The molecule has 1 aromatic carbocycles. The van der Waals surface area contributed by atoms with Crippen LogP contribution in [0.4, 0.5) is 5.69 Å². The van der Waals surface area contributed by atoms with Crippen LogP contribution in [0.15, 0.2) is 29.2 Å². The van der Waals surface area contributed by atoms with E-state index in [0.717, 1.165) is 12.8 Å². The van der Waals surface area contributed by atoms with Crippen molar-refractivity contribution in [2.24, 2.45) is 5.92 Å². The van der Waals surface area contributed by atoms with Gasteiger partial charge >= 0.3 is 0 Å². The first-order chi connectivity index (χ1) is 10.9. The third-order valence-electron chi connectivity index (χ3n) is 3.60. The average molecular weight is 339 g/mol. The fourth-order valence-electron chi connectivity index (χ4n) is 2.28. The Balaban J connectivity index is 2.07. The fourth-order valence-corrected chi connectivity index (χ4v) is 3.40. The summed E-state index contributed by atoms with van der Waals surface area (Å²) < 4.78 is 26.8. The average Bonchev–Trinajstić information content (AvgIpc) is 2.94. The second kappa shape index (κ2) is 7.56. The van der Waals surface area contributed by atoms with Gasteiger partial charge in [0.25, 0.3) is 0 Å². The molecule has 1 atom stereocenters. The van der Waals surface area contributed by atoms with Crippen molar-refractivity contribution in [3.8, 4) is 0 Å². The first-order valence-corrected chi connectivity index (χ1v) is 9.10. The van der Waals surface area contributed by atoms with Crippen molar-refractivity contribution >= 4 is 27.5 Å². The summed E-state index contributed by atoms with van der Waals surface area (Å²) in [6, 6.07) is 6.00. The van der Waals surface area contributed by atoms with E-state index in [-0.39, 0.29) is 10.8 Å². The maximum absolute atomic E-state index is 12.2. The smallest absolute Gasteiger partial charge is 0.240 e. The molecule has 3 N–H and O–H groups in total. The predicted molar refractivity (Wildman–Crippen MR) is 86.3 cm³/mol. The molecule has 0 aliphatic carbocycles. The van der Waals surface area contributed by atoms with Crippen LogP contribution in [0.5, 0.6) is 0 Å². The van der Waals surface area contributed by atoms with Crippen LogP contribution in [-0.2, 0) is 19.6 Å². The number of carbonyl (C=O) groups is 2. The Labute approximate surface area is 135 Å². The molecule has 23 heavy (non-hydrogen) atoms. The molecule has 126 valence electrons. The zero-order chi connectivity index (χ0) is 16.9. The van der Waals surface area contributed by atoms with Crippen LogP contribution in [-0.4, -0.2) is 33.3 Å². The number of nitrogens with one attached hydrogen (secondary N) is 3. The topological polar surface area (TPSA) is 104 Å². The molecule has 1 heterocycles. The Morgan fingerprint density at radius 1 is 1.39 bits per heavy atom. The standard InChI is InChI=1S/C15H21N3O4S/c1-2-3-8-17-23(21,22)12-6-4-5-11(10-12)18-15(20)13-7-9-16-14(13)19/h4-6,10,13,17H,2-3,7-9H2,1H3,(H,16,19)(H,18,20). The van der Waals surface area contributed by atoms with Crippen molar-refractivity contribution < 1.29 is 18.0 Å². The number of unbranched alkanes of at least 4 members (excludes halogenated alkanes) is 1. The maximum Gasteiger partial charge on any atom is 0.240 e. The summed E-state index contributed by atoms with van der Waals surface area (Å²) >= 11 is 0. The molecule has 1 aromatic rings. The van der Waals surface area contributed by atoms with Crippen molar-refractivity contribution in [2.45, 2.75) is 31.1 Å². The summed E-state index contributed by atoms with van der Waals surface area (Å²) in [4.78, 5) is 23.6. The zero-order valence-electron chi connectivity index (χ0n) is 13.0. The Hall–Kier alpha value is -1.93. The zero-order valence-corrected chi connectivity index (χ0v) is 13.8. The van der Waals surface area contributed by atoms with Gasteiger partial charge in [0.1, 0.15) is 5.92 Å². The molecule has 1 aliphatic rings. The number of carbonyl (C=O) groups excluding carboxylic acids is 2. The van der Waals surface area contributed by atoms with Gasteiger partial charge in [-0.1, -0.05) is 19.4 Å². The lowest BCUT2D eigenvalue weighted by Crippen LogP contribution is -2.30. The summed E-state index contributed by atoms with van der Waals surface area (Å²) in [5.74, 6) is -1.45. The first kappa shape index (κ1) is 17.4. The molecule has 1 fully saturated rings. The maximum atomic E-state index is 12.2. The van der Waals surface area contributed by atoms with E-state index in [1.165, 1.54) is 12.1 Å². The second-order valence-electron chi connectivity index (χ2n) is 5.40. The van der Waals surface area contributed by atoms with Crippen LogP contribution < -0.4 is 15.4 Å². The second-order valence-corrected chi connectivity index (χ2v) is 7.17. The highest BCUT2D eigenvalue weighted by molar-refractivity contribution is 7.89. The molecule has 0 spiro atoms. The first-order valence-electron chi connectivity index (χ1n) is 7.62. The Kier molecular flexibility index (Phi) is 5.73. The monoisotopic (exact) mass is 339 g/mol. The Bertz CT molecular complexity index is 688. The van der Waals surface area contributed by atoms with E-state index in [9.17, 15) is 18.0 Å². The largest absolute Gasteiger partial charge is 0.355 e. The number of sulfonamides is 1. The van der Waals surface area contributed by atoms with Crippen molar-refractivity contribution in [2.75, 3.05) is 18.4 Å². The third kappa shape index (κ3) is 4.52. The van der Waals surface area contributed by atoms with Gasteiger partial charge in [-0.25, -0.2) is 13.1 Å². The van der Waals surface area contributed by atoms with E-state index in [1.54, 1.807) is 12.1 Å². The van der Waals surface area contributed by atoms with Crippen LogP contribution in [0.3, 0.4) is 0 Å². The molecular formula is C15H21N3O4S. The summed E-state index contributed by atoms with van der Waals surface area (Å²) in [6.07, 6.45) is 2.09. The van der Waals surface area contributed by atoms with Crippen LogP contribution in [0.1, 0.15) is 26.2 Å². The van der Waals surface area contributed by atoms with E-state index < -0.39 is 21.8 Å². The number of hydrogen-bond donors (Lipinski definition) is 3. The van der Waals surface area contributed by atoms with Gasteiger partial charge in [-0.3, -0.25) is 9.59 Å². The number of benzene rings is 1. The Morgan fingerprint density at radius 2 is 2.17 bits per heavy atom. The van der Waals surface area contributed by atoms with Gasteiger partial charge < -0.3 is 10.6 Å². The van der Waals surface area contributed by atoms with E-state index in [2.05, 4.69) is 15.4 Å². The number of anilines is 1. The van der Waals surface area contributed by atoms with Crippen molar-refractivity contribution in [3.63, 3.8) is 0 Å². The lowest BCUT2D eigenvalue weighted by atomic mass is 10.1. The molecule has 1 saturated heterocycles. The van der Waals surface area contributed by atoms with Crippen LogP contribution in [0.25, 0.3) is 0 Å². The van der Waals surface area contributed by atoms with Crippen molar-refractivity contribution in [1.29, 1.82) is 0 Å². The van der Waals surface area contributed by atoms with E-state index in [1.807, 2.05) is 6.92 Å². The van der Waals surface area contributed by atoms with Gasteiger partial charge in [-0.15, -0.1) is 0 Å². The van der Waals surface area contributed by atoms with Gasteiger partial charge in [0, 0.05) is 18.8 Å². The minimum Gasteiger partial charge on any atom is -0.355 e. The Morgan fingerprint density at radius 3 is 2.83 bits per heavy atom. The van der Waals surface area contributed by atoms with Gasteiger partial charge in [-0.05, 0) is 31.0 Å². The molecule has 7 nitrogen and oxygen atoms in total. The summed E-state index contributed by atoms with van der Waals surface area (Å²) in [5.41, 5.74) is 0.355. The lowest BCUT2D eigenvalue weighted by Gasteiger charge is -2.11. The minimum absolute atomic E-state index is 0.0854. The molecule has 8 heteroatoms. The summed E-state index contributed by atoms with van der Waals surface area (Å²) in [6.45, 7) is 2.83. The molecule has 1 unspecified atom stereocenters. The van der Waals surface area contributed by atoms with E-state index >= 15 is 0 Å². The van der Waals surface area contributed by atoms with Gasteiger partial charge in [-0.2, -0.15) is 0 Å². The van der Waals surface area contributed by atoms with Gasteiger partial charge in [0.05, 0.1) is 4.90 Å². The highest BCUT2D eigenvalue weighted by Gasteiger charge is 2.31. The molecule has 0 radical (unpaired) electrons. The SMILES string of the molecule is CCCCNS(=O)(=O)c1cccc(NC(=O)C2CCNC2=O)c1. The van der Waals surface area contributed by atoms with E-state index in [0.29, 0.717) is 25.2 Å². The highest BCUT2D eigenvalue weighted by atomic mass is 32.2. The number of hydrogen-bond acceptors (Lipinski definition) is 4.